The predicted octanol–water partition coefficient (Wildman–Crippen LogP) is 22.4. The SMILES string of the molecule is CCCCCC/C=C\CCCCCCCC(=O)OC(COC(=O)CCCCCCCCCCCC)COC(=O)CCCCCCCCCCCCCCCCCCCCCCC/C=C\C/C=C\CCCCCCC. The minimum absolute atomic E-state index is 0.0700. The molecule has 0 fully saturated rings. The van der Waals surface area contributed by atoms with Crippen LogP contribution in [0.1, 0.15) is 361 Å². The van der Waals surface area contributed by atoms with Crippen molar-refractivity contribution >= 4 is 17.9 Å². The van der Waals surface area contributed by atoms with Crippen LogP contribution < -0.4 is 0 Å². The van der Waals surface area contributed by atoms with Gasteiger partial charge in [-0.25, -0.2) is 0 Å². The molecule has 0 aliphatic rings. The standard InChI is InChI=1S/C68H126O6/c1-4-7-10-13-16-19-22-24-25-26-27-28-29-30-31-32-33-34-35-36-37-38-39-40-41-42-43-45-46-49-52-55-58-61-67(70)73-64-65(63-72-66(69)60-57-54-51-48-21-18-15-12-9-6-3)74-68(71)62-59-56-53-50-47-44-23-20-17-14-11-8-5-2/h20,22-24,26-27,65H,4-19,21,25,28-64H2,1-3H3/b23-20-,24-22-,27-26-. The molecule has 6 nitrogen and oxygen atoms in total. The zero-order valence-electron chi connectivity index (χ0n) is 49.9. The smallest absolute Gasteiger partial charge is 0.306 e. The second-order valence-electron chi connectivity index (χ2n) is 22.4. The monoisotopic (exact) mass is 1040 g/mol. The van der Waals surface area contributed by atoms with Crippen molar-refractivity contribution in [2.75, 3.05) is 13.2 Å². The Hall–Kier alpha value is -2.37. The Morgan fingerprint density at radius 1 is 0.270 bits per heavy atom. The average Bonchev–Trinajstić information content (AvgIpc) is 3.40. The van der Waals surface area contributed by atoms with Gasteiger partial charge in [0.15, 0.2) is 6.10 Å². The van der Waals surface area contributed by atoms with Gasteiger partial charge in [0.05, 0.1) is 0 Å². The van der Waals surface area contributed by atoms with Gasteiger partial charge in [0.1, 0.15) is 13.2 Å². The molecular weight excluding hydrogens is 913 g/mol. The highest BCUT2D eigenvalue weighted by molar-refractivity contribution is 5.71. The van der Waals surface area contributed by atoms with Crippen LogP contribution >= 0.6 is 0 Å². The summed E-state index contributed by atoms with van der Waals surface area (Å²) in [5.41, 5.74) is 0. The van der Waals surface area contributed by atoms with E-state index in [1.807, 2.05) is 0 Å². The predicted molar refractivity (Wildman–Crippen MR) is 321 cm³/mol. The van der Waals surface area contributed by atoms with Crippen molar-refractivity contribution in [3.63, 3.8) is 0 Å². The lowest BCUT2D eigenvalue weighted by Crippen LogP contribution is -2.30. The number of carbonyl (C=O) groups excluding carboxylic acids is 3. The molecule has 0 aromatic carbocycles. The maximum absolute atomic E-state index is 12.8. The number of hydrogen-bond acceptors (Lipinski definition) is 6. The first-order valence-corrected chi connectivity index (χ1v) is 33.0. The summed E-state index contributed by atoms with van der Waals surface area (Å²) >= 11 is 0. The maximum atomic E-state index is 12.8. The molecule has 0 saturated carbocycles. The van der Waals surface area contributed by atoms with Crippen LogP contribution in [0, 0.1) is 0 Å². The fourth-order valence-corrected chi connectivity index (χ4v) is 9.88. The highest BCUT2D eigenvalue weighted by Crippen LogP contribution is 2.18. The van der Waals surface area contributed by atoms with Gasteiger partial charge < -0.3 is 14.2 Å². The Bertz CT molecular complexity index is 1240. The van der Waals surface area contributed by atoms with Crippen LogP contribution in [0.2, 0.25) is 0 Å². The quantitative estimate of drug-likeness (QED) is 0.0261. The van der Waals surface area contributed by atoms with E-state index in [2.05, 4.69) is 57.2 Å². The number of rotatable bonds is 61. The molecule has 0 rings (SSSR count). The highest BCUT2D eigenvalue weighted by atomic mass is 16.6. The van der Waals surface area contributed by atoms with Crippen LogP contribution in [0.5, 0.6) is 0 Å². The molecule has 0 saturated heterocycles. The number of esters is 3. The van der Waals surface area contributed by atoms with Crippen molar-refractivity contribution in [1.82, 2.24) is 0 Å². The van der Waals surface area contributed by atoms with Gasteiger partial charge in [0.25, 0.3) is 0 Å². The molecule has 0 amide bonds. The molecule has 0 bridgehead atoms. The van der Waals surface area contributed by atoms with Crippen molar-refractivity contribution in [3.8, 4) is 0 Å². The number of carbonyl (C=O) groups is 3. The van der Waals surface area contributed by atoms with Crippen molar-refractivity contribution < 1.29 is 28.6 Å². The summed E-state index contributed by atoms with van der Waals surface area (Å²) < 4.78 is 16.9. The second-order valence-corrected chi connectivity index (χ2v) is 22.4. The third-order valence-electron chi connectivity index (χ3n) is 14.9. The lowest BCUT2D eigenvalue weighted by molar-refractivity contribution is -0.167. The van der Waals surface area contributed by atoms with Gasteiger partial charge >= 0.3 is 17.9 Å². The van der Waals surface area contributed by atoms with Crippen molar-refractivity contribution in [2.45, 2.75) is 367 Å². The summed E-state index contributed by atoms with van der Waals surface area (Å²) in [6, 6.07) is 0. The Balaban J connectivity index is 4.00. The van der Waals surface area contributed by atoms with E-state index >= 15 is 0 Å². The van der Waals surface area contributed by atoms with Crippen LogP contribution in [0.25, 0.3) is 0 Å². The lowest BCUT2D eigenvalue weighted by Gasteiger charge is -2.18. The molecule has 1 atom stereocenters. The molecular formula is C68H126O6. The van der Waals surface area contributed by atoms with E-state index in [0.717, 1.165) is 70.6 Å². The molecule has 0 aromatic rings. The molecule has 0 aliphatic heterocycles. The number of ether oxygens (including phenoxy) is 3. The van der Waals surface area contributed by atoms with Gasteiger partial charge in [-0.1, -0.05) is 301 Å². The third-order valence-corrected chi connectivity index (χ3v) is 14.9. The first-order chi connectivity index (χ1) is 36.5. The Labute approximate surface area is 461 Å². The van der Waals surface area contributed by atoms with Crippen LogP contribution in [-0.2, 0) is 28.6 Å². The molecule has 1 unspecified atom stereocenters. The Kier molecular flexibility index (Phi) is 61.1. The van der Waals surface area contributed by atoms with E-state index in [4.69, 9.17) is 14.2 Å². The number of hydrogen-bond donors (Lipinski definition) is 0. The Morgan fingerprint density at radius 2 is 0.486 bits per heavy atom. The zero-order chi connectivity index (χ0) is 53.6. The summed E-state index contributed by atoms with van der Waals surface area (Å²) in [6.07, 6.45) is 77.6. The minimum Gasteiger partial charge on any atom is -0.462 e. The van der Waals surface area contributed by atoms with Gasteiger partial charge in [0.2, 0.25) is 0 Å². The van der Waals surface area contributed by atoms with Crippen LogP contribution in [0.3, 0.4) is 0 Å². The molecule has 6 heteroatoms. The summed E-state index contributed by atoms with van der Waals surface area (Å²) in [5.74, 6) is -0.859. The van der Waals surface area contributed by atoms with E-state index < -0.39 is 6.10 Å². The van der Waals surface area contributed by atoms with E-state index in [1.165, 1.54) is 250 Å². The Morgan fingerprint density at radius 3 is 0.770 bits per heavy atom. The number of unbranched alkanes of at least 4 members (excludes halogenated alkanes) is 44. The highest BCUT2D eigenvalue weighted by Gasteiger charge is 2.19. The second kappa shape index (κ2) is 63.2. The zero-order valence-corrected chi connectivity index (χ0v) is 49.9. The molecule has 74 heavy (non-hydrogen) atoms. The molecule has 0 heterocycles. The van der Waals surface area contributed by atoms with E-state index in [1.54, 1.807) is 0 Å². The van der Waals surface area contributed by atoms with E-state index in [0.29, 0.717) is 19.3 Å². The molecule has 0 spiro atoms. The molecule has 0 radical (unpaired) electrons. The van der Waals surface area contributed by atoms with Crippen molar-refractivity contribution in [1.29, 1.82) is 0 Å². The third kappa shape index (κ3) is 60.5. The lowest BCUT2D eigenvalue weighted by atomic mass is 10.0. The normalized spacial score (nSPS) is 12.2. The van der Waals surface area contributed by atoms with E-state index in [-0.39, 0.29) is 31.1 Å². The largest absolute Gasteiger partial charge is 0.462 e. The van der Waals surface area contributed by atoms with Gasteiger partial charge in [-0.3, -0.25) is 14.4 Å². The summed E-state index contributed by atoms with van der Waals surface area (Å²) in [6.45, 7) is 6.64. The van der Waals surface area contributed by atoms with Gasteiger partial charge in [-0.05, 0) is 77.0 Å². The molecule has 0 N–H and O–H groups in total. The summed E-state index contributed by atoms with van der Waals surface area (Å²) in [5, 5.41) is 0. The van der Waals surface area contributed by atoms with Crippen LogP contribution in [-0.4, -0.2) is 37.2 Å². The average molecular weight is 1040 g/mol. The first-order valence-electron chi connectivity index (χ1n) is 33.0. The topological polar surface area (TPSA) is 78.9 Å². The summed E-state index contributed by atoms with van der Waals surface area (Å²) in [4.78, 5) is 38.1. The van der Waals surface area contributed by atoms with Crippen LogP contribution in [0.15, 0.2) is 36.5 Å². The molecule has 0 aliphatic carbocycles. The summed E-state index contributed by atoms with van der Waals surface area (Å²) in [7, 11) is 0. The fourth-order valence-electron chi connectivity index (χ4n) is 9.88. The van der Waals surface area contributed by atoms with Crippen molar-refractivity contribution in [3.05, 3.63) is 36.5 Å². The van der Waals surface area contributed by atoms with Crippen molar-refractivity contribution in [2.24, 2.45) is 0 Å². The van der Waals surface area contributed by atoms with Gasteiger partial charge in [-0.15, -0.1) is 0 Å². The molecule has 0 aromatic heterocycles. The number of allylic oxidation sites excluding steroid dienone is 6. The first kappa shape index (κ1) is 71.6. The van der Waals surface area contributed by atoms with Crippen LogP contribution in [0.4, 0.5) is 0 Å². The maximum Gasteiger partial charge on any atom is 0.306 e. The molecule has 434 valence electrons. The van der Waals surface area contributed by atoms with E-state index in [9.17, 15) is 14.4 Å². The van der Waals surface area contributed by atoms with Gasteiger partial charge in [-0.2, -0.15) is 0 Å². The minimum atomic E-state index is -0.771. The van der Waals surface area contributed by atoms with Gasteiger partial charge in [0, 0.05) is 19.3 Å². The fraction of sp³-hybridized carbons (Fsp3) is 0.868.